The summed E-state index contributed by atoms with van der Waals surface area (Å²) < 4.78 is 45.8. The van der Waals surface area contributed by atoms with Crippen LogP contribution < -0.4 is 4.74 Å². The highest BCUT2D eigenvalue weighted by molar-refractivity contribution is 5.80. The van der Waals surface area contributed by atoms with E-state index in [2.05, 4.69) is 9.84 Å². The lowest BCUT2D eigenvalue weighted by atomic mass is 10.3. The zero-order valence-corrected chi connectivity index (χ0v) is 11.0. The lowest BCUT2D eigenvalue weighted by Gasteiger charge is -2.15. The molecule has 2 rings (SSSR count). The molecule has 1 aliphatic heterocycles. The van der Waals surface area contributed by atoms with Crippen molar-refractivity contribution in [3.8, 4) is 5.75 Å². The van der Waals surface area contributed by atoms with Crippen molar-refractivity contribution in [1.82, 2.24) is 9.91 Å². The molecule has 9 heteroatoms. The molecule has 1 aromatic rings. The average molecular weight is 303 g/mol. The highest BCUT2D eigenvalue weighted by Gasteiger charge is 2.33. The van der Waals surface area contributed by atoms with Crippen LogP contribution in [0.4, 0.5) is 18.0 Å². The van der Waals surface area contributed by atoms with Crippen LogP contribution in [0.5, 0.6) is 5.75 Å². The number of benzene rings is 1. The second-order valence-corrected chi connectivity index (χ2v) is 4.21. The molecule has 6 nitrogen and oxygen atoms in total. The maximum atomic E-state index is 12.1. The van der Waals surface area contributed by atoms with E-state index in [1.807, 2.05) is 0 Å². The van der Waals surface area contributed by atoms with E-state index in [0.717, 1.165) is 5.01 Å². The molecular formula is C12H12F3N3O3. The average Bonchev–Trinajstić information content (AvgIpc) is 2.78. The van der Waals surface area contributed by atoms with Crippen molar-refractivity contribution in [3.63, 3.8) is 0 Å². The van der Waals surface area contributed by atoms with E-state index in [0.29, 0.717) is 5.75 Å². The molecule has 114 valence electrons. The van der Waals surface area contributed by atoms with Gasteiger partial charge in [0.05, 0.1) is 0 Å². The Kier molecular flexibility index (Phi) is 4.20. The lowest BCUT2D eigenvalue weighted by Crippen LogP contribution is -2.33. The fourth-order valence-electron chi connectivity index (χ4n) is 1.50. The molecule has 0 saturated heterocycles. The Balaban J connectivity index is 1.95. The van der Waals surface area contributed by atoms with Crippen molar-refractivity contribution in [2.24, 2.45) is 5.10 Å². The van der Waals surface area contributed by atoms with Gasteiger partial charge in [0.15, 0.2) is 6.61 Å². The zero-order chi connectivity index (χ0) is 15.5. The summed E-state index contributed by atoms with van der Waals surface area (Å²) in [5, 5.41) is 4.52. The van der Waals surface area contributed by atoms with Crippen molar-refractivity contribution in [2.75, 3.05) is 20.3 Å². The van der Waals surface area contributed by atoms with Gasteiger partial charge in [-0.2, -0.15) is 18.2 Å². The van der Waals surface area contributed by atoms with Gasteiger partial charge in [0.1, 0.15) is 12.4 Å². The lowest BCUT2D eigenvalue weighted by molar-refractivity contribution is -0.157. The van der Waals surface area contributed by atoms with Gasteiger partial charge in [0.2, 0.25) is 0 Å². The van der Waals surface area contributed by atoms with Crippen LogP contribution in [-0.4, -0.2) is 48.5 Å². The number of para-hydroxylation sites is 1. The molecule has 1 amide bonds. The Morgan fingerprint density at radius 2 is 2.00 bits per heavy atom. The number of carbonyl (C=O) groups is 1. The van der Waals surface area contributed by atoms with Gasteiger partial charge in [-0.05, 0) is 12.1 Å². The fraction of sp³-hybridized carbons (Fsp3) is 0.333. The number of hydrazone groups is 1. The maximum absolute atomic E-state index is 12.1. The topological polar surface area (TPSA) is 54.4 Å². The molecule has 0 aromatic heterocycles. The summed E-state index contributed by atoms with van der Waals surface area (Å²) in [6.07, 6.45) is -5.28. The number of alkyl halides is 3. The van der Waals surface area contributed by atoms with Crippen molar-refractivity contribution >= 4 is 12.1 Å². The summed E-state index contributed by atoms with van der Waals surface area (Å²) in [7, 11) is 1.45. The highest BCUT2D eigenvalue weighted by atomic mass is 19.4. The van der Waals surface area contributed by atoms with Gasteiger partial charge >= 0.3 is 18.3 Å². The van der Waals surface area contributed by atoms with Crippen molar-refractivity contribution in [1.29, 1.82) is 0 Å². The molecule has 0 radical (unpaired) electrons. The van der Waals surface area contributed by atoms with E-state index in [9.17, 15) is 18.0 Å². The number of amides is 1. The van der Waals surface area contributed by atoms with Gasteiger partial charge in [-0.1, -0.05) is 18.2 Å². The smallest absolute Gasteiger partial charge is 0.437 e. The Hall–Kier alpha value is -2.45. The number of nitrogens with zero attached hydrogens (tertiary/aromatic N) is 3. The fourth-order valence-corrected chi connectivity index (χ4v) is 1.50. The zero-order valence-electron chi connectivity index (χ0n) is 11.0. The van der Waals surface area contributed by atoms with Gasteiger partial charge in [-0.15, -0.1) is 5.10 Å². The monoisotopic (exact) mass is 303 g/mol. The van der Waals surface area contributed by atoms with E-state index < -0.39 is 18.9 Å². The second kappa shape index (κ2) is 5.90. The molecule has 0 N–H and O–H groups in total. The predicted molar refractivity (Wildman–Crippen MR) is 66.4 cm³/mol. The largest absolute Gasteiger partial charge is 0.454 e. The van der Waals surface area contributed by atoms with Crippen molar-refractivity contribution in [2.45, 2.75) is 6.18 Å². The minimum absolute atomic E-state index is 0.0567. The molecule has 21 heavy (non-hydrogen) atoms. The van der Waals surface area contributed by atoms with Gasteiger partial charge in [-0.25, -0.2) is 4.79 Å². The number of hydrogen-bond donors (Lipinski definition) is 0. The molecule has 1 aliphatic rings. The summed E-state index contributed by atoms with van der Waals surface area (Å²) in [6.45, 7) is -1.53. The number of carbonyl (C=O) groups excluding carboxylic acids is 1. The van der Waals surface area contributed by atoms with E-state index in [1.165, 1.54) is 11.9 Å². The van der Waals surface area contributed by atoms with Gasteiger partial charge in [-0.3, -0.25) is 0 Å². The number of ether oxygens (including phenoxy) is 2. The number of hydrogen-bond acceptors (Lipinski definition) is 5. The van der Waals surface area contributed by atoms with Crippen LogP contribution >= 0.6 is 0 Å². The second-order valence-electron chi connectivity index (χ2n) is 4.21. The first-order chi connectivity index (χ1) is 9.85. The summed E-state index contributed by atoms with van der Waals surface area (Å²) in [6, 6.07) is 7.96. The first-order valence-electron chi connectivity index (χ1n) is 5.89. The molecule has 0 aliphatic carbocycles. The normalized spacial score (nSPS) is 15.0. The standard InChI is InChI=1S/C12H12F3N3O3/c1-17-8-18(16-10(17)20-7-12(13,14)15)11(19)21-9-5-3-2-4-6-9/h2-6H,7-8H2,1H3. The SMILES string of the molecule is CN1CN(C(=O)Oc2ccccc2)N=C1OCC(F)(F)F. The minimum atomic E-state index is -4.47. The van der Waals surface area contributed by atoms with Crippen LogP contribution in [-0.2, 0) is 4.74 Å². The quantitative estimate of drug-likeness (QED) is 0.841. The molecule has 0 spiro atoms. The molecule has 1 aromatic carbocycles. The Bertz CT molecular complexity index is 534. The third-order valence-corrected chi connectivity index (χ3v) is 2.40. The number of amidine groups is 1. The third kappa shape index (κ3) is 4.26. The summed E-state index contributed by atoms with van der Waals surface area (Å²) in [4.78, 5) is 13.1. The van der Waals surface area contributed by atoms with Crippen molar-refractivity contribution in [3.05, 3.63) is 30.3 Å². The van der Waals surface area contributed by atoms with E-state index in [-0.39, 0.29) is 12.7 Å². The van der Waals surface area contributed by atoms with E-state index in [1.54, 1.807) is 30.3 Å². The number of rotatable bonds is 2. The maximum Gasteiger partial charge on any atom is 0.437 e. The molecular weight excluding hydrogens is 291 g/mol. The molecule has 0 fully saturated rings. The van der Waals surface area contributed by atoms with Gasteiger partial charge in [0.25, 0.3) is 0 Å². The van der Waals surface area contributed by atoms with E-state index in [4.69, 9.17) is 4.74 Å². The Morgan fingerprint density at radius 1 is 1.33 bits per heavy atom. The van der Waals surface area contributed by atoms with Crippen LogP contribution in [0.15, 0.2) is 35.4 Å². The number of halogens is 3. The van der Waals surface area contributed by atoms with Crippen LogP contribution in [0.25, 0.3) is 0 Å². The van der Waals surface area contributed by atoms with Crippen LogP contribution in [0.1, 0.15) is 0 Å². The van der Waals surface area contributed by atoms with Crippen molar-refractivity contribution < 1.29 is 27.4 Å². The first-order valence-corrected chi connectivity index (χ1v) is 5.89. The highest BCUT2D eigenvalue weighted by Crippen LogP contribution is 2.17. The van der Waals surface area contributed by atoms with Crippen LogP contribution in [0.3, 0.4) is 0 Å². The third-order valence-electron chi connectivity index (χ3n) is 2.40. The molecule has 1 heterocycles. The first kappa shape index (κ1) is 14.9. The predicted octanol–water partition coefficient (Wildman–Crippen LogP) is 2.24. The van der Waals surface area contributed by atoms with Crippen LogP contribution in [0, 0.1) is 0 Å². The molecule has 0 bridgehead atoms. The summed E-state index contributed by atoms with van der Waals surface area (Å²) in [5.74, 6) is 0.310. The molecule has 0 saturated carbocycles. The van der Waals surface area contributed by atoms with Crippen LogP contribution in [0.2, 0.25) is 0 Å². The molecule has 0 unspecified atom stereocenters. The minimum Gasteiger partial charge on any atom is -0.454 e. The van der Waals surface area contributed by atoms with E-state index >= 15 is 0 Å². The Morgan fingerprint density at radius 3 is 2.62 bits per heavy atom. The van der Waals surface area contributed by atoms with Gasteiger partial charge in [0, 0.05) is 7.05 Å². The summed E-state index contributed by atoms with van der Waals surface area (Å²) in [5.41, 5.74) is 0. The Labute approximate surface area is 118 Å². The summed E-state index contributed by atoms with van der Waals surface area (Å²) >= 11 is 0. The van der Waals surface area contributed by atoms with Gasteiger partial charge < -0.3 is 14.4 Å². The molecule has 0 atom stereocenters.